The van der Waals surface area contributed by atoms with Gasteiger partial charge in [0.05, 0.1) is 5.71 Å². The fourth-order valence-electron chi connectivity index (χ4n) is 8.07. The average molecular weight is 418 g/mol. The highest BCUT2D eigenvalue weighted by Crippen LogP contribution is 2.66. The minimum Gasteiger partial charge on any atom is -0.414 e. The molecule has 0 N–H and O–H groups in total. The molecule has 4 aliphatic rings. The Morgan fingerprint density at radius 3 is 2.59 bits per heavy atom. The van der Waals surface area contributed by atoms with Crippen LogP contribution in [0.2, 0.25) is 19.6 Å². The fourth-order valence-corrected chi connectivity index (χ4v) is 9.27. The highest BCUT2D eigenvalue weighted by Gasteiger charge is 2.60. The van der Waals surface area contributed by atoms with Gasteiger partial charge in [-0.15, -0.1) is 0 Å². The van der Waals surface area contributed by atoms with Gasteiger partial charge in [0.1, 0.15) is 7.11 Å². The standard InChI is InChI=1S/C25H43NO2Si/c1-8-17-10-12-21-20-11-9-18-15-19(28-29(5,6)7)13-14-24(18,2)23(20)22(26-27-4)16-25(17,21)3/h9,17,19-21,23H,8,10-16H2,1-7H3/t17-,19-,20?,21?,23?,24-,25+/m0/s1. The molecule has 0 amide bonds. The second kappa shape index (κ2) is 7.51. The maximum Gasteiger partial charge on any atom is 0.184 e. The zero-order valence-corrected chi connectivity index (χ0v) is 20.9. The van der Waals surface area contributed by atoms with E-state index in [1.807, 2.05) is 0 Å². The molecule has 0 bridgehead atoms. The average Bonchev–Trinajstić information content (AvgIpc) is 2.96. The van der Waals surface area contributed by atoms with E-state index in [0.717, 1.165) is 30.6 Å². The molecule has 0 aliphatic heterocycles. The molecule has 0 aromatic rings. The summed E-state index contributed by atoms with van der Waals surface area (Å²) in [5.41, 5.74) is 3.68. The zero-order chi connectivity index (χ0) is 21.0. The molecular weight excluding hydrogens is 374 g/mol. The SMILES string of the molecule is CC[C@H]1CCC2C3CC=C4C[C@@H](O[Si](C)(C)C)CC[C@]4(C)C3C(=NOC)C[C@@]21C. The lowest BCUT2D eigenvalue weighted by molar-refractivity contribution is 0.00881. The van der Waals surface area contributed by atoms with Crippen LogP contribution in [0.15, 0.2) is 16.8 Å². The van der Waals surface area contributed by atoms with Gasteiger partial charge < -0.3 is 9.26 Å². The van der Waals surface area contributed by atoms with E-state index >= 15 is 0 Å². The summed E-state index contributed by atoms with van der Waals surface area (Å²) in [6, 6.07) is 0. The third-order valence-corrected chi connectivity index (χ3v) is 10.2. The first-order valence-corrected chi connectivity index (χ1v) is 15.5. The summed E-state index contributed by atoms with van der Waals surface area (Å²) in [6.45, 7) is 14.5. The van der Waals surface area contributed by atoms with E-state index in [1.165, 1.54) is 44.2 Å². The van der Waals surface area contributed by atoms with Crippen molar-refractivity contribution >= 4 is 14.0 Å². The molecule has 4 aliphatic carbocycles. The first kappa shape index (κ1) is 21.6. The number of hydrogen-bond donors (Lipinski definition) is 0. The lowest BCUT2D eigenvalue weighted by Gasteiger charge is -2.58. The molecule has 0 saturated heterocycles. The van der Waals surface area contributed by atoms with Gasteiger partial charge in [-0.2, -0.15) is 0 Å². The summed E-state index contributed by atoms with van der Waals surface area (Å²) in [4.78, 5) is 5.45. The summed E-state index contributed by atoms with van der Waals surface area (Å²) in [7, 11) is 0.242. The van der Waals surface area contributed by atoms with Gasteiger partial charge in [0, 0.05) is 12.0 Å². The van der Waals surface area contributed by atoms with Crippen molar-refractivity contribution in [2.24, 2.45) is 39.7 Å². The largest absolute Gasteiger partial charge is 0.414 e. The molecule has 3 unspecified atom stereocenters. The first-order chi connectivity index (χ1) is 13.6. The Bertz CT molecular complexity index is 695. The summed E-state index contributed by atoms with van der Waals surface area (Å²) >= 11 is 0. The summed E-state index contributed by atoms with van der Waals surface area (Å²) in [6.07, 6.45) is 13.1. The van der Waals surface area contributed by atoms with Crippen molar-refractivity contribution < 1.29 is 9.26 Å². The first-order valence-electron chi connectivity index (χ1n) is 12.1. The van der Waals surface area contributed by atoms with E-state index in [-0.39, 0.29) is 5.41 Å². The number of allylic oxidation sites excluding steroid dienone is 1. The molecule has 4 rings (SSSR count). The number of rotatable bonds is 4. The van der Waals surface area contributed by atoms with Crippen LogP contribution in [-0.4, -0.2) is 27.2 Å². The van der Waals surface area contributed by atoms with E-state index in [0.29, 0.717) is 17.4 Å². The van der Waals surface area contributed by atoms with Crippen LogP contribution in [0.4, 0.5) is 0 Å². The summed E-state index contributed by atoms with van der Waals surface area (Å²) in [5.74, 6) is 2.99. The molecule has 0 spiro atoms. The van der Waals surface area contributed by atoms with Gasteiger partial charge >= 0.3 is 0 Å². The monoisotopic (exact) mass is 417 g/mol. The molecule has 3 fully saturated rings. The van der Waals surface area contributed by atoms with Gasteiger partial charge in [-0.05, 0) is 93.2 Å². The number of hydrogen-bond acceptors (Lipinski definition) is 3. The van der Waals surface area contributed by atoms with Crippen molar-refractivity contribution in [2.75, 3.05) is 7.11 Å². The minimum absolute atomic E-state index is 0.241. The third kappa shape index (κ3) is 3.56. The zero-order valence-electron chi connectivity index (χ0n) is 19.9. The molecule has 0 aromatic carbocycles. The second-order valence-electron chi connectivity index (χ2n) is 11.9. The highest BCUT2D eigenvalue weighted by molar-refractivity contribution is 6.69. The van der Waals surface area contributed by atoms with Gasteiger partial charge in [0.25, 0.3) is 0 Å². The second-order valence-corrected chi connectivity index (χ2v) is 16.3. The maximum absolute atomic E-state index is 6.54. The highest BCUT2D eigenvalue weighted by atomic mass is 28.4. The van der Waals surface area contributed by atoms with Crippen LogP contribution in [0.3, 0.4) is 0 Å². The lowest BCUT2D eigenvalue weighted by atomic mass is 9.46. The van der Waals surface area contributed by atoms with Gasteiger partial charge in [-0.3, -0.25) is 0 Å². The Morgan fingerprint density at radius 1 is 1.17 bits per heavy atom. The third-order valence-electron chi connectivity index (χ3n) is 9.18. The predicted molar refractivity (Wildman–Crippen MR) is 124 cm³/mol. The van der Waals surface area contributed by atoms with Crippen molar-refractivity contribution in [3.05, 3.63) is 11.6 Å². The van der Waals surface area contributed by atoms with Crippen LogP contribution < -0.4 is 0 Å². The van der Waals surface area contributed by atoms with Crippen molar-refractivity contribution in [3.8, 4) is 0 Å². The maximum atomic E-state index is 6.54. The van der Waals surface area contributed by atoms with E-state index < -0.39 is 8.32 Å². The van der Waals surface area contributed by atoms with Crippen LogP contribution in [0.25, 0.3) is 0 Å². The minimum atomic E-state index is -1.50. The Balaban J connectivity index is 1.67. The molecule has 0 aromatic heterocycles. The van der Waals surface area contributed by atoms with E-state index in [1.54, 1.807) is 12.7 Å². The van der Waals surface area contributed by atoms with Crippen molar-refractivity contribution in [1.82, 2.24) is 0 Å². The molecule has 4 heteroatoms. The van der Waals surface area contributed by atoms with Crippen LogP contribution >= 0.6 is 0 Å². The van der Waals surface area contributed by atoms with Gasteiger partial charge in [-0.1, -0.05) is 44.0 Å². The summed E-state index contributed by atoms with van der Waals surface area (Å²) in [5, 5.41) is 4.72. The van der Waals surface area contributed by atoms with Crippen LogP contribution in [0.1, 0.15) is 72.1 Å². The summed E-state index contributed by atoms with van der Waals surface area (Å²) < 4.78 is 6.54. The van der Waals surface area contributed by atoms with Crippen molar-refractivity contribution in [2.45, 2.75) is 97.9 Å². The van der Waals surface area contributed by atoms with Crippen molar-refractivity contribution in [1.29, 1.82) is 0 Å². The lowest BCUT2D eigenvalue weighted by Crippen LogP contribution is -2.55. The fraction of sp³-hybridized carbons (Fsp3) is 0.880. The van der Waals surface area contributed by atoms with Gasteiger partial charge in [-0.25, -0.2) is 0 Å². The van der Waals surface area contributed by atoms with Crippen LogP contribution in [0.5, 0.6) is 0 Å². The predicted octanol–water partition coefficient (Wildman–Crippen LogP) is 6.81. The van der Waals surface area contributed by atoms with Crippen LogP contribution in [-0.2, 0) is 9.26 Å². The molecule has 3 saturated carbocycles. The topological polar surface area (TPSA) is 30.8 Å². The quantitative estimate of drug-likeness (QED) is 0.286. The Hall–Kier alpha value is -0.613. The number of oxime groups is 1. The smallest absolute Gasteiger partial charge is 0.184 e. The molecule has 0 heterocycles. The Morgan fingerprint density at radius 2 is 1.93 bits per heavy atom. The Labute approximate surface area is 179 Å². The molecular formula is C25H43NO2Si. The van der Waals surface area contributed by atoms with Gasteiger partial charge in [0.15, 0.2) is 8.32 Å². The number of fused-ring (bicyclic) bond motifs is 5. The Kier molecular flexibility index (Phi) is 5.60. The molecule has 3 nitrogen and oxygen atoms in total. The molecule has 7 atom stereocenters. The normalized spacial score (nSPS) is 46.0. The van der Waals surface area contributed by atoms with Crippen molar-refractivity contribution in [3.63, 3.8) is 0 Å². The van der Waals surface area contributed by atoms with E-state index in [2.05, 4.69) is 46.5 Å². The molecule has 29 heavy (non-hydrogen) atoms. The molecule has 0 radical (unpaired) electrons. The van der Waals surface area contributed by atoms with E-state index in [4.69, 9.17) is 14.4 Å². The van der Waals surface area contributed by atoms with Crippen LogP contribution in [0, 0.1) is 34.5 Å². The number of nitrogens with zero attached hydrogens (tertiary/aromatic N) is 1. The van der Waals surface area contributed by atoms with Gasteiger partial charge in [0.2, 0.25) is 0 Å². The molecule has 164 valence electrons. The van der Waals surface area contributed by atoms with E-state index in [9.17, 15) is 0 Å².